The van der Waals surface area contributed by atoms with E-state index in [1.807, 2.05) is 19.1 Å². The van der Waals surface area contributed by atoms with Crippen LogP contribution >= 0.6 is 11.6 Å². The van der Waals surface area contributed by atoms with Crippen LogP contribution in [0.15, 0.2) is 65.1 Å². The third-order valence-corrected chi connectivity index (χ3v) is 5.64. The van der Waals surface area contributed by atoms with Gasteiger partial charge in [0.25, 0.3) is 5.91 Å². The van der Waals surface area contributed by atoms with E-state index >= 15 is 0 Å². The molecule has 1 heterocycles. The normalized spacial score (nSPS) is 13.1. The second-order valence-electron chi connectivity index (χ2n) is 8.06. The Bertz CT molecular complexity index is 1110. The minimum Gasteiger partial charge on any atom is -0.464 e. The fourth-order valence-electron chi connectivity index (χ4n) is 3.59. The minimum atomic E-state index is -0.333. The quantitative estimate of drug-likeness (QED) is 0.469. The van der Waals surface area contributed by atoms with Crippen LogP contribution in [0.5, 0.6) is 0 Å². The van der Waals surface area contributed by atoms with Crippen molar-refractivity contribution in [2.24, 2.45) is 0 Å². The third-order valence-electron chi connectivity index (χ3n) is 5.41. The summed E-state index contributed by atoms with van der Waals surface area (Å²) in [6.07, 6.45) is 1.74. The maximum absolute atomic E-state index is 13.4. The zero-order valence-corrected chi connectivity index (χ0v) is 18.5. The standard InChI is InChI=1S/C25H24ClFN2O3/c1-17-5-12-23(32-17)15-28(14-18-6-8-21(27)9-7-18)24(30)16-29(22-10-11-22)25(31)19-3-2-4-20(26)13-19/h2-9,12-13,22H,10-11,14-16H2,1H3. The Morgan fingerprint density at radius 3 is 2.44 bits per heavy atom. The van der Waals surface area contributed by atoms with Gasteiger partial charge in [0, 0.05) is 23.2 Å². The Morgan fingerprint density at radius 1 is 1.06 bits per heavy atom. The highest BCUT2D eigenvalue weighted by atomic mass is 35.5. The van der Waals surface area contributed by atoms with E-state index in [-0.39, 0.29) is 43.3 Å². The van der Waals surface area contributed by atoms with Crippen LogP contribution < -0.4 is 0 Å². The molecule has 1 aliphatic rings. The highest BCUT2D eigenvalue weighted by Gasteiger charge is 2.35. The van der Waals surface area contributed by atoms with Crippen molar-refractivity contribution < 1.29 is 18.4 Å². The van der Waals surface area contributed by atoms with Gasteiger partial charge in [-0.15, -0.1) is 0 Å². The molecule has 0 N–H and O–H groups in total. The summed E-state index contributed by atoms with van der Waals surface area (Å²) in [6, 6.07) is 16.5. The van der Waals surface area contributed by atoms with Crippen LogP contribution in [0.4, 0.5) is 4.39 Å². The van der Waals surface area contributed by atoms with Crippen molar-refractivity contribution >= 4 is 23.4 Å². The van der Waals surface area contributed by atoms with E-state index in [0.29, 0.717) is 16.3 Å². The lowest BCUT2D eigenvalue weighted by Gasteiger charge is -2.27. The molecule has 4 rings (SSSR count). The Morgan fingerprint density at radius 2 is 1.81 bits per heavy atom. The topological polar surface area (TPSA) is 53.8 Å². The lowest BCUT2D eigenvalue weighted by atomic mass is 10.2. The van der Waals surface area contributed by atoms with E-state index in [0.717, 1.165) is 24.2 Å². The largest absolute Gasteiger partial charge is 0.464 e. The van der Waals surface area contributed by atoms with Gasteiger partial charge in [0.05, 0.1) is 6.54 Å². The number of carbonyl (C=O) groups is 2. The molecule has 166 valence electrons. The summed E-state index contributed by atoms with van der Waals surface area (Å²) in [5, 5.41) is 0.476. The van der Waals surface area contributed by atoms with Crippen LogP contribution in [0.1, 0.15) is 40.3 Å². The summed E-state index contributed by atoms with van der Waals surface area (Å²) in [7, 11) is 0. The van der Waals surface area contributed by atoms with Gasteiger partial charge in [0.15, 0.2) is 0 Å². The second-order valence-corrected chi connectivity index (χ2v) is 8.50. The van der Waals surface area contributed by atoms with Crippen molar-refractivity contribution in [2.75, 3.05) is 6.54 Å². The summed E-state index contributed by atoms with van der Waals surface area (Å²) in [5.41, 5.74) is 1.26. The predicted octanol–water partition coefficient (Wildman–Crippen LogP) is 5.21. The summed E-state index contributed by atoms with van der Waals surface area (Å²) in [5.74, 6) is 0.659. The van der Waals surface area contributed by atoms with E-state index in [1.54, 1.807) is 46.2 Å². The molecule has 5 nitrogen and oxygen atoms in total. The first-order valence-corrected chi connectivity index (χ1v) is 10.9. The first-order valence-electron chi connectivity index (χ1n) is 10.5. The van der Waals surface area contributed by atoms with E-state index in [1.165, 1.54) is 12.1 Å². The van der Waals surface area contributed by atoms with Gasteiger partial charge >= 0.3 is 0 Å². The van der Waals surface area contributed by atoms with Crippen molar-refractivity contribution in [2.45, 2.75) is 38.9 Å². The zero-order chi connectivity index (χ0) is 22.7. The number of benzene rings is 2. The van der Waals surface area contributed by atoms with Crippen LogP contribution in [-0.4, -0.2) is 34.2 Å². The Labute approximate surface area is 191 Å². The fourth-order valence-corrected chi connectivity index (χ4v) is 3.78. The maximum Gasteiger partial charge on any atom is 0.254 e. The van der Waals surface area contributed by atoms with Gasteiger partial charge < -0.3 is 14.2 Å². The number of nitrogens with zero attached hydrogens (tertiary/aromatic N) is 2. The van der Waals surface area contributed by atoms with Gasteiger partial charge in [-0.3, -0.25) is 9.59 Å². The number of hydrogen-bond acceptors (Lipinski definition) is 3. The molecule has 2 amide bonds. The molecule has 0 bridgehead atoms. The first kappa shape index (κ1) is 22.1. The highest BCUT2D eigenvalue weighted by molar-refractivity contribution is 6.31. The van der Waals surface area contributed by atoms with Crippen LogP contribution in [0.25, 0.3) is 0 Å². The van der Waals surface area contributed by atoms with Crippen molar-refractivity contribution in [3.05, 3.63) is 94.2 Å². The zero-order valence-electron chi connectivity index (χ0n) is 17.8. The molecule has 0 unspecified atom stereocenters. The molecule has 2 aromatic carbocycles. The lowest BCUT2D eigenvalue weighted by Crippen LogP contribution is -2.43. The van der Waals surface area contributed by atoms with Crippen LogP contribution in [0.3, 0.4) is 0 Å². The number of hydrogen-bond donors (Lipinski definition) is 0. The number of aryl methyl sites for hydroxylation is 1. The average Bonchev–Trinajstić information content (AvgIpc) is 3.53. The molecule has 0 spiro atoms. The minimum absolute atomic E-state index is 0.0447. The Hall–Kier alpha value is -3.12. The number of furan rings is 1. The number of amides is 2. The SMILES string of the molecule is Cc1ccc(CN(Cc2ccc(F)cc2)C(=O)CN(C(=O)c2cccc(Cl)c2)C2CC2)o1. The van der Waals surface area contributed by atoms with Gasteiger partial charge in [-0.1, -0.05) is 29.8 Å². The molecule has 1 aliphatic carbocycles. The number of carbonyl (C=O) groups excluding carboxylic acids is 2. The Balaban J connectivity index is 1.54. The predicted molar refractivity (Wildman–Crippen MR) is 120 cm³/mol. The van der Waals surface area contributed by atoms with E-state index in [9.17, 15) is 14.0 Å². The second kappa shape index (κ2) is 9.57. The smallest absolute Gasteiger partial charge is 0.254 e. The molecule has 1 aromatic heterocycles. The van der Waals surface area contributed by atoms with Crippen molar-refractivity contribution in [1.29, 1.82) is 0 Å². The number of rotatable bonds is 8. The molecule has 3 aromatic rings. The Kier molecular flexibility index (Phi) is 6.61. The van der Waals surface area contributed by atoms with E-state index < -0.39 is 0 Å². The summed E-state index contributed by atoms with van der Waals surface area (Å²) in [4.78, 5) is 29.7. The van der Waals surface area contributed by atoms with Gasteiger partial charge in [-0.25, -0.2) is 4.39 Å². The maximum atomic E-state index is 13.4. The average molecular weight is 455 g/mol. The van der Waals surface area contributed by atoms with Gasteiger partial charge in [0.2, 0.25) is 5.91 Å². The van der Waals surface area contributed by atoms with Gasteiger partial charge in [-0.2, -0.15) is 0 Å². The summed E-state index contributed by atoms with van der Waals surface area (Å²) < 4.78 is 19.0. The molecule has 0 atom stereocenters. The van der Waals surface area contributed by atoms with Crippen LogP contribution in [0, 0.1) is 12.7 Å². The molecular weight excluding hydrogens is 431 g/mol. The first-order chi connectivity index (χ1) is 15.4. The highest BCUT2D eigenvalue weighted by Crippen LogP contribution is 2.29. The molecule has 0 radical (unpaired) electrons. The summed E-state index contributed by atoms with van der Waals surface area (Å²) >= 11 is 6.06. The van der Waals surface area contributed by atoms with Crippen molar-refractivity contribution in [3.8, 4) is 0 Å². The van der Waals surface area contributed by atoms with Gasteiger partial charge in [0.1, 0.15) is 23.9 Å². The van der Waals surface area contributed by atoms with Crippen LogP contribution in [0.2, 0.25) is 5.02 Å². The van der Waals surface area contributed by atoms with E-state index in [4.69, 9.17) is 16.0 Å². The van der Waals surface area contributed by atoms with Crippen molar-refractivity contribution in [3.63, 3.8) is 0 Å². The molecule has 1 saturated carbocycles. The fraction of sp³-hybridized carbons (Fsp3) is 0.280. The lowest BCUT2D eigenvalue weighted by molar-refractivity contribution is -0.133. The van der Waals surface area contributed by atoms with Crippen LogP contribution in [-0.2, 0) is 17.9 Å². The molecule has 0 saturated heterocycles. The number of halogens is 2. The molecule has 1 fully saturated rings. The monoisotopic (exact) mass is 454 g/mol. The van der Waals surface area contributed by atoms with E-state index in [2.05, 4.69) is 0 Å². The van der Waals surface area contributed by atoms with Gasteiger partial charge in [-0.05, 0) is 67.8 Å². The summed E-state index contributed by atoms with van der Waals surface area (Å²) in [6.45, 7) is 2.33. The molecule has 32 heavy (non-hydrogen) atoms. The molecule has 0 aliphatic heterocycles. The third kappa shape index (κ3) is 5.56. The molecule has 7 heteroatoms. The van der Waals surface area contributed by atoms with Crippen molar-refractivity contribution in [1.82, 2.24) is 9.80 Å². The molecular formula is C25H24ClFN2O3.